The average molecular weight is 316 g/mol. The van der Waals surface area contributed by atoms with Gasteiger partial charge in [-0.15, -0.1) is 11.3 Å². The van der Waals surface area contributed by atoms with Crippen molar-refractivity contribution in [2.45, 2.75) is 32.7 Å². The van der Waals surface area contributed by atoms with Crippen LogP contribution >= 0.6 is 11.3 Å². The van der Waals surface area contributed by atoms with E-state index < -0.39 is 0 Å². The molecule has 0 aliphatic carbocycles. The van der Waals surface area contributed by atoms with Crippen LogP contribution < -0.4 is 11.1 Å². The molecule has 0 saturated heterocycles. The summed E-state index contributed by atoms with van der Waals surface area (Å²) in [6.45, 7) is 6.56. The molecule has 1 aromatic heterocycles. The Morgan fingerprint density at radius 2 is 1.77 bits per heavy atom. The first-order valence-corrected chi connectivity index (χ1v) is 8.54. The van der Waals surface area contributed by atoms with Crippen LogP contribution in [0.2, 0.25) is 0 Å². The van der Waals surface area contributed by atoms with E-state index in [1.807, 2.05) is 18.4 Å². The van der Waals surface area contributed by atoms with Crippen molar-refractivity contribution in [3.8, 4) is 0 Å². The lowest BCUT2D eigenvalue weighted by Gasteiger charge is -2.21. The van der Waals surface area contributed by atoms with Crippen LogP contribution in [0.5, 0.6) is 0 Å². The van der Waals surface area contributed by atoms with Crippen LogP contribution in [0.1, 0.15) is 48.7 Å². The number of carbonyl (C=O) groups excluding carboxylic acids is 1. The van der Waals surface area contributed by atoms with Gasteiger partial charge in [0.15, 0.2) is 0 Å². The van der Waals surface area contributed by atoms with Gasteiger partial charge in [-0.25, -0.2) is 0 Å². The summed E-state index contributed by atoms with van der Waals surface area (Å²) in [6, 6.07) is 12.4. The molecule has 0 fully saturated rings. The second-order valence-corrected chi connectivity index (χ2v) is 6.89. The van der Waals surface area contributed by atoms with Gasteiger partial charge in [-0.3, -0.25) is 4.79 Å². The summed E-state index contributed by atoms with van der Waals surface area (Å²) in [5.41, 5.74) is 8.00. The highest BCUT2D eigenvalue weighted by atomic mass is 32.1. The summed E-state index contributed by atoms with van der Waals surface area (Å²) in [4.78, 5) is 13.4. The lowest BCUT2D eigenvalue weighted by Crippen LogP contribution is -2.36. The van der Waals surface area contributed by atoms with Crippen LogP contribution in [-0.2, 0) is 4.79 Å². The van der Waals surface area contributed by atoms with E-state index in [0.29, 0.717) is 12.5 Å². The molecule has 2 aromatic rings. The highest BCUT2D eigenvalue weighted by Gasteiger charge is 2.20. The number of carbonyl (C=O) groups is 1. The molecule has 0 spiro atoms. The Morgan fingerprint density at radius 3 is 2.27 bits per heavy atom. The predicted molar refractivity (Wildman–Crippen MR) is 93.1 cm³/mol. The number of rotatable bonds is 6. The van der Waals surface area contributed by atoms with Crippen molar-refractivity contribution >= 4 is 17.2 Å². The third-order valence-corrected chi connectivity index (χ3v) is 4.79. The SMILES string of the molecule is CC(CN)C(=O)NC(c1ccc(C(C)C)cc1)c1cccs1. The molecule has 0 radical (unpaired) electrons. The molecule has 1 aromatic carbocycles. The van der Waals surface area contributed by atoms with Crippen molar-refractivity contribution in [2.75, 3.05) is 6.54 Å². The van der Waals surface area contributed by atoms with Gasteiger partial charge >= 0.3 is 0 Å². The molecule has 0 aliphatic heterocycles. The molecule has 1 amide bonds. The van der Waals surface area contributed by atoms with E-state index in [2.05, 4.69) is 49.5 Å². The summed E-state index contributed by atoms with van der Waals surface area (Å²) < 4.78 is 0. The van der Waals surface area contributed by atoms with E-state index in [9.17, 15) is 4.79 Å². The zero-order chi connectivity index (χ0) is 16.1. The van der Waals surface area contributed by atoms with Crippen LogP contribution in [0.3, 0.4) is 0 Å². The summed E-state index contributed by atoms with van der Waals surface area (Å²) in [5.74, 6) is 0.312. The first-order valence-electron chi connectivity index (χ1n) is 7.66. The third-order valence-electron chi connectivity index (χ3n) is 3.85. The van der Waals surface area contributed by atoms with Crippen LogP contribution in [0.15, 0.2) is 41.8 Å². The molecule has 0 aliphatic rings. The van der Waals surface area contributed by atoms with E-state index in [0.717, 1.165) is 10.4 Å². The number of benzene rings is 1. The first kappa shape index (κ1) is 16.7. The first-order chi connectivity index (χ1) is 10.5. The second-order valence-electron chi connectivity index (χ2n) is 5.92. The van der Waals surface area contributed by atoms with Crippen LogP contribution in [0, 0.1) is 5.92 Å². The topological polar surface area (TPSA) is 55.1 Å². The fourth-order valence-corrected chi connectivity index (χ4v) is 3.04. The normalized spacial score (nSPS) is 13.9. The van der Waals surface area contributed by atoms with Crippen molar-refractivity contribution in [2.24, 2.45) is 11.7 Å². The molecule has 3 nitrogen and oxygen atoms in total. The number of thiophene rings is 1. The van der Waals surface area contributed by atoms with Crippen molar-refractivity contribution in [3.05, 3.63) is 57.8 Å². The predicted octanol–water partition coefficient (Wildman–Crippen LogP) is 3.67. The maximum absolute atomic E-state index is 12.2. The number of amides is 1. The second kappa shape index (κ2) is 7.56. The summed E-state index contributed by atoms with van der Waals surface area (Å²) >= 11 is 1.65. The maximum atomic E-state index is 12.2. The Labute approximate surface area is 136 Å². The van der Waals surface area contributed by atoms with Crippen molar-refractivity contribution in [1.82, 2.24) is 5.32 Å². The molecule has 4 heteroatoms. The highest BCUT2D eigenvalue weighted by Crippen LogP contribution is 2.27. The zero-order valence-corrected chi connectivity index (χ0v) is 14.2. The number of hydrogen-bond acceptors (Lipinski definition) is 3. The lowest BCUT2D eigenvalue weighted by molar-refractivity contribution is -0.124. The maximum Gasteiger partial charge on any atom is 0.224 e. The van der Waals surface area contributed by atoms with Gasteiger partial charge < -0.3 is 11.1 Å². The molecule has 2 atom stereocenters. The van der Waals surface area contributed by atoms with Crippen molar-refractivity contribution < 1.29 is 4.79 Å². The van der Waals surface area contributed by atoms with E-state index in [1.54, 1.807) is 11.3 Å². The van der Waals surface area contributed by atoms with Gasteiger partial charge in [-0.05, 0) is 28.5 Å². The summed E-state index contributed by atoms with van der Waals surface area (Å²) in [5, 5.41) is 5.16. The Kier molecular flexibility index (Phi) is 5.75. The Hall–Kier alpha value is -1.65. The third kappa shape index (κ3) is 3.96. The Morgan fingerprint density at radius 1 is 1.14 bits per heavy atom. The van der Waals surface area contributed by atoms with Crippen LogP contribution in [0.4, 0.5) is 0 Å². The van der Waals surface area contributed by atoms with Gasteiger partial charge in [-0.2, -0.15) is 0 Å². The minimum absolute atomic E-state index is 0.00571. The fourth-order valence-electron chi connectivity index (χ4n) is 2.24. The summed E-state index contributed by atoms with van der Waals surface area (Å²) in [6.07, 6.45) is 0. The van der Waals surface area contributed by atoms with E-state index in [1.165, 1.54) is 5.56 Å². The van der Waals surface area contributed by atoms with Gasteiger partial charge in [-0.1, -0.05) is 51.1 Å². The molecule has 0 bridgehead atoms. The summed E-state index contributed by atoms with van der Waals surface area (Å²) in [7, 11) is 0. The smallest absolute Gasteiger partial charge is 0.224 e. The standard InChI is InChI=1S/C18H24N2OS/c1-12(2)14-6-8-15(9-7-14)17(16-5-4-10-22-16)20-18(21)13(3)11-19/h4-10,12-13,17H,11,19H2,1-3H3,(H,20,21). The molecule has 22 heavy (non-hydrogen) atoms. The molecule has 118 valence electrons. The number of nitrogens with two attached hydrogens (primary N) is 1. The fraction of sp³-hybridized carbons (Fsp3) is 0.389. The molecule has 1 heterocycles. The molecule has 0 saturated carbocycles. The average Bonchev–Trinajstić information content (AvgIpc) is 3.05. The monoisotopic (exact) mass is 316 g/mol. The molecule has 2 unspecified atom stereocenters. The molecule has 2 rings (SSSR count). The van der Waals surface area contributed by atoms with Crippen LogP contribution in [-0.4, -0.2) is 12.5 Å². The van der Waals surface area contributed by atoms with Crippen molar-refractivity contribution in [3.63, 3.8) is 0 Å². The Bertz CT molecular complexity index is 590. The quantitative estimate of drug-likeness (QED) is 0.854. The number of hydrogen-bond donors (Lipinski definition) is 2. The number of nitrogens with one attached hydrogen (secondary N) is 1. The minimum atomic E-state index is -0.183. The van der Waals surface area contributed by atoms with Gasteiger partial charge in [0, 0.05) is 17.3 Å². The van der Waals surface area contributed by atoms with E-state index >= 15 is 0 Å². The zero-order valence-electron chi connectivity index (χ0n) is 13.4. The lowest BCUT2D eigenvalue weighted by atomic mass is 9.98. The van der Waals surface area contributed by atoms with Crippen molar-refractivity contribution in [1.29, 1.82) is 0 Å². The van der Waals surface area contributed by atoms with Gasteiger partial charge in [0.25, 0.3) is 0 Å². The van der Waals surface area contributed by atoms with Gasteiger partial charge in [0.05, 0.1) is 6.04 Å². The van der Waals surface area contributed by atoms with Gasteiger partial charge in [0.2, 0.25) is 5.91 Å². The van der Waals surface area contributed by atoms with E-state index in [4.69, 9.17) is 5.73 Å². The van der Waals surface area contributed by atoms with E-state index in [-0.39, 0.29) is 17.9 Å². The van der Waals surface area contributed by atoms with Crippen LogP contribution in [0.25, 0.3) is 0 Å². The minimum Gasteiger partial charge on any atom is -0.344 e. The largest absolute Gasteiger partial charge is 0.344 e. The molecule has 3 N–H and O–H groups in total. The highest BCUT2D eigenvalue weighted by molar-refractivity contribution is 7.10. The molecular formula is C18H24N2OS. The Balaban J connectivity index is 2.27. The molecular weight excluding hydrogens is 292 g/mol. The van der Waals surface area contributed by atoms with Gasteiger partial charge in [0.1, 0.15) is 0 Å².